The third-order valence-corrected chi connectivity index (χ3v) is 5.40. The number of rotatable bonds is 5. The van der Waals surface area contributed by atoms with E-state index in [0.29, 0.717) is 13.4 Å². The summed E-state index contributed by atoms with van der Waals surface area (Å²) in [5.41, 5.74) is 4.56. The van der Waals surface area contributed by atoms with Crippen molar-refractivity contribution >= 4 is 23.6 Å². The van der Waals surface area contributed by atoms with Crippen molar-refractivity contribution in [3.8, 4) is 0 Å². The molecule has 1 atom stereocenters. The predicted molar refractivity (Wildman–Crippen MR) is 119 cm³/mol. The summed E-state index contributed by atoms with van der Waals surface area (Å²) in [4.78, 5) is 12.9. The molecule has 0 radical (unpaired) electrons. The molecular weight excluding hydrogens is 376 g/mol. The maximum Gasteiger partial charge on any atom is 0.146 e. The summed E-state index contributed by atoms with van der Waals surface area (Å²) in [5.74, 6) is 0. The molecule has 6 heteroatoms. The van der Waals surface area contributed by atoms with Gasteiger partial charge in [-0.25, -0.2) is 9.98 Å². The van der Waals surface area contributed by atoms with Gasteiger partial charge in [0.25, 0.3) is 0 Å². The van der Waals surface area contributed by atoms with Gasteiger partial charge in [-0.2, -0.15) is 0 Å². The molecule has 8 bridgehead atoms. The minimum atomic E-state index is -0.254. The Hall–Kier alpha value is -3.22. The van der Waals surface area contributed by atoms with E-state index in [-0.39, 0.29) is 5.54 Å². The van der Waals surface area contributed by atoms with Crippen LogP contribution < -0.4 is 16.0 Å². The lowest BCUT2D eigenvalue weighted by Gasteiger charge is -2.28. The standard InChI is InChI=1S/C24H24N4O2/c1-29-16-30-11-10-24-9-8-22(28-24)14-21-5-4-18(26-21)12-17-2-3-19(25-17)13-20-6-7-23(15-24)27-20/h2-8,12-15,25,28H,9-11,16H2,1H3. The van der Waals surface area contributed by atoms with Gasteiger partial charge in [-0.3, -0.25) is 0 Å². The number of fused-ring (bicyclic) bond motifs is 6. The first kappa shape index (κ1) is 18.8. The van der Waals surface area contributed by atoms with Crippen LogP contribution in [0.15, 0.2) is 81.7 Å². The fourth-order valence-corrected chi connectivity index (χ4v) is 3.97. The molecule has 0 saturated carbocycles. The van der Waals surface area contributed by atoms with Crippen LogP contribution in [0.1, 0.15) is 12.8 Å². The van der Waals surface area contributed by atoms with Crippen LogP contribution in [0.3, 0.4) is 0 Å². The van der Waals surface area contributed by atoms with E-state index in [1.807, 2.05) is 24.3 Å². The van der Waals surface area contributed by atoms with Gasteiger partial charge >= 0.3 is 0 Å². The molecule has 152 valence electrons. The van der Waals surface area contributed by atoms with E-state index in [0.717, 1.165) is 52.1 Å². The molecule has 30 heavy (non-hydrogen) atoms. The van der Waals surface area contributed by atoms with E-state index in [1.165, 1.54) is 0 Å². The van der Waals surface area contributed by atoms with E-state index in [1.54, 1.807) is 7.11 Å². The largest absolute Gasteiger partial charge is 0.376 e. The third kappa shape index (κ3) is 4.06. The van der Waals surface area contributed by atoms with Crippen LogP contribution in [-0.4, -0.2) is 42.5 Å². The first-order chi connectivity index (χ1) is 14.7. The smallest absolute Gasteiger partial charge is 0.146 e. The second kappa shape index (κ2) is 7.89. The topological polar surface area (TPSA) is 71.0 Å². The van der Waals surface area contributed by atoms with Crippen LogP contribution in [0, 0.1) is 0 Å². The molecule has 1 aromatic rings. The Kier molecular flexibility index (Phi) is 4.94. The first-order valence-corrected chi connectivity index (χ1v) is 10.1. The van der Waals surface area contributed by atoms with Gasteiger partial charge in [0, 0.05) is 23.5 Å². The van der Waals surface area contributed by atoms with Gasteiger partial charge in [0.2, 0.25) is 0 Å². The van der Waals surface area contributed by atoms with Crippen molar-refractivity contribution in [3.63, 3.8) is 0 Å². The number of aliphatic imine (C=N–C) groups is 2. The number of aromatic amines is 1. The Morgan fingerprint density at radius 3 is 2.47 bits per heavy atom. The highest BCUT2D eigenvalue weighted by atomic mass is 16.7. The molecule has 1 aromatic heterocycles. The molecule has 0 saturated heterocycles. The maximum absolute atomic E-state index is 5.58. The number of nitrogens with one attached hydrogen (secondary N) is 2. The fraction of sp³-hybridized carbons (Fsp3) is 0.250. The number of hydrogen-bond acceptors (Lipinski definition) is 5. The molecule has 0 aromatic carbocycles. The van der Waals surface area contributed by atoms with Gasteiger partial charge in [0.15, 0.2) is 0 Å². The number of hydrogen-bond donors (Lipinski definition) is 2. The van der Waals surface area contributed by atoms with Gasteiger partial charge in [0.05, 0.1) is 35.0 Å². The van der Waals surface area contributed by atoms with E-state index < -0.39 is 0 Å². The highest BCUT2D eigenvalue weighted by Crippen LogP contribution is 2.30. The van der Waals surface area contributed by atoms with Crippen LogP contribution in [0.4, 0.5) is 0 Å². The van der Waals surface area contributed by atoms with Gasteiger partial charge in [-0.1, -0.05) is 6.08 Å². The molecule has 6 nitrogen and oxygen atoms in total. The second-order valence-corrected chi connectivity index (χ2v) is 7.75. The molecule has 1 unspecified atom stereocenters. The summed E-state index contributed by atoms with van der Waals surface area (Å²) in [6, 6.07) is 4.11. The first-order valence-electron chi connectivity index (χ1n) is 10.1. The molecule has 2 N–H and O–H groups in total. The van der Waals surface area contributed by atoms with Gasteiger partial charge in [-0.05, 0) is 73.6 Å². The highest BCUT2D eigenvalue weighted by molar-refractivity contribution is 6.20. The van der Waals surface area contributed by atoms with E-state index in [9.17, 15) is 0 Å². The van der Waals surface area contributed by atoms with Crippen molar-refractivity contribution < 1.29 is 9.47 Å². The zero-order valence-electron chi connectivity index (χ0n) is 16.9. The molecule has 5 rings (SSSR count). The van der Waals surface area contributed by atoms with Crippen molar-refractivity contribution in [1.29, 1.82) is 0 Å². The average molecular weight is 400 g/mol. The normalized spacial score (nSPS) is 23.7. The van der Waals surface area contributed by atoms with Crippen molar-refractivity contribution in [3.05, 3.63) is 82.5 Å². The summed E-state index contributed by atoms with van der Waals surface area (Å²) in [5, 5.41) is 5.72. The SMILES string of the molecule is COCOCCC12C=C3C=CC(=N3)C=c3ccc([nH]3)=CC3=NC(=CC(=CC1)N2)C=C3. The lowest BCUT2D eigenvalue weighted by Crippen LogP contribution is -2.39. The van der Waals surface area contributed by atoms with Crippen molar-refractivity contribution in [2.45, 2.75) is 18.4 Å². The van der Waals surface area contributed by atoms with Crippen LogP contribution >= 0.6 is 0 Å². The zero-order chi connectivity index (χ0) is 20.4. The van der Waals surface area contributed by atoms with Gasteiger partial charge < -0.3 is 19.8 Å². The van der Waals surface area contributed by atoms with E-state index in [4.69, 9.17) is 19.5 Å². The lowest BCUT2D eigenvalue weighted by molar-refractivity contribution is -0.0347. The molecule has 0 amide bonds. The third-order valence-electron chi connectivity index (χ3n) is 5.40. The Balaban J connectivity index is 1.54. The van der Waals surface area contributed by atoms with Crippen LogP contribution in [0.2, 0.25) is 0 Å². The fourth-order valence-electron chi connectivity index (χ4n) is 3.97. The van der Waals surface area contributed by atoms with Gasteiger partial charge in [0.1, 0.15) is 6.79 Å². The Labute approximate surface area is 175 Å². The Morgan fingerprint density at radius 2 is 1.70 bits per heavy atom. The minimum Gasteiger partial charge on any atom is -0.376 e. The Bertz CT molecular complexity index is 1190. The monoisotopic (exact) mass is 400 g/mol. The quantitative estimate of drug-likeness (QED) is 0.587. The molecule has 4 aliphatic rings. The maximum atomic E-state index is 5.58. The summed E-state index contributed by atoms with van der Waals surface area (Å²) >= 11 is 0. The van der Waals surface area contributed by atoms with Crippen LogP contribution in [-0.2, 0) is 9.47 Å². The Morgan fingerprint density at radius 1 is 0.967 bits per heavy atom. The minimum absolute atomic E-state index is 0.254. The van der Waals surface area contributed by atoms with E-state index >= 15 is 0 Å². The van der Waals surface area contributed by atoms with Crippen molar-refractivity contribution in [1.82, 2.24) is 10.3 Å². The van der Waals surface area contributed by atoms with Crippen molar-refractivity contribution in [2.75, 3.05) is 20.5 Å². The zero-order valence-corrected chi connectivity index (χ0v) is 16.9. The van der Waals surface area contributed by atoms with Crippen LogP contribution in [0.5, 0.6) is 0 Å². The molecule has 0 fully saturated rings. The lowest BCUT2D eigenvalue weighted by atomic mass is 9.92. The average Bonchev–Trinajstić information content (AvgIpc) is 3.51. The van der Waals surface area contributed by atoms with E-state index in [2.05, 4.69) is 52.8 Å². The number of allylic oxidation sites excluding steroid dienone is 5. The van der Waals surface area contributed by atoms with Crippen LogP contribution in [0.25, 0.3) is 12.2 Å². The summed E-state index contributed by atoms with van der Waals surface area (Å²) in [7, 11) is 1.64. The molecule has 4 aliphatic heterocycles. The molecule has 5 heterocycles. The molecular formula is C24H24N4O2. The second-order valence-electron chi connectivity index (χ2n) is 7.75. The summed E-state index contributed by atoms with van der Waals surface area (Å²) in [6.45, 7) is 0.891. The van der Waals surface area contributed by atoms with Crippen molar-refractivity contribution in [2.24, 2.45) is 9.98 Å². The number of H-pyrrole nitrogens is 1. The summed E-state index contributed by atoms with van der Waals surface area (Å²) in [6.07, 6.45) is 20.5. The number of aromatic nitrogens is 1. The molecule has 0 spiro atoms. The number of methoxy groups -OCH3 is 1. The van der Waals surface area contributed by atoms with Gasteiger partial charge in [-0.15, -0.1) is 0 Å². The number of nitrogens with zero attached hydrogens (tertiary/aromatic N) is 2. The predicted octanol–water partition coefficient (Wildman–Crippen LogP) is 2.01. The summed E-state index contributed by atoms with van der Waals surface area (Å²) < 4.78 is 10.6. The number of ether oxygens (including phenoxy) is 2. The molecule has 0 aliphatic carbocycles. The highest BCUT2D eigenvalue weighted by Gasteiger charge is 2.32.